The first-order valence-corrected chi connectivity index (χ1v) is 7.80. The lowest BCUT2D eigenvalue weighted by molar-refractivity contribution is 0.0689. The lowest BCUT2D eigenvalue weighted by atomic mass is 9.94. The summed E-state index contributed by atoms with van der Waals surface area (Å²) in [6.45, 7) is 8.38. The molecular formula is C18H21N3O3. The number of amides is 1. The summed E-state index contributed by atoms with van der Waals surface area (Å²) in [6, 6.07) is 5.98. The summed E-state index contributed by atoms with van der Waals surface area (Å²) in [4.78, 5) is 30.7. The molecule has 0 radical (unpaired) electrons. The fourth-order valence-corrected chi connectivity index (χ4v) is 2.27. The molecule has 1 heterocycles. The molecule has 0 fully saturated rings. The van der Waals surface area contributed by atoms with E-state index < -0.39 is 11.9 Å². The molecule has 0 unspecified atom stereocenters. The van der Waals surface area contributed by atoms with Crippen molar-refractivity contribution in [2.75, 3.05) is 5.32 Å². The molecule has 0 bridgehead atoms. The average Bonchev–Trinajstić information content (AvgIpc) is 2.54. The molecule has 0 aliphatic rings. The molecule has 6 heteroatoms. The zero-order valence-corrected chi connectivity index (χ0v) is 14.2. The van der Waals surface area contributed by atoms with Crippen LogP contribution in [0, 0.1) is 0 Å². The molecule has 2 N–H and O–H groups in total. The molecule has 2 aromatic rings. The SMILES string of the molecule is CC(C)c1ccc(NC(=O)c2cnc(C(=O)O)cn2)c(C(C)C)c1. The predicted octanol–water partition coefficient (Wildman–Crippen LogP) is 3.67. The maximum Gasteiger partial charge on any atom is 0.356 e. The van der Waals surface area contributed by atoms with Crippen molar-refractivity contribution in [3.8, 4) is 0 Å². The Balaban J connectivity index is 2.26. The first-order chi connectivity index (χ1) is 11.3. The Morgan fingerprint density at radius 1 is 1.00 bits per heavy atom. The van der Waals surface area contributed by atoms with Crippen molar-refractivity contribution in [3.05, 3.63) is 53.1 Å². The number of hydrogen-bond donors (Lipinski definition) is 2. The van der Waals surface area contributed by atoms with Crippen molar-refractivity contribution in [2.45, 2.75) is 39.5 Å². The largest absolute Gasteiger partial charge is 0.476 e. The molecule has 1 aromatic carbocycles. The summed E-state index contributed by atoms with van der Waals surface area (Å²) >= 11 is 0. The zero-order chi connectivity index (χ0) is 17.9. The smallest absolute Gasteiger partial charge is 0.356 e. The number of rotatable bonds is 5. The van der Waals surface area contributed by atoms with Gasteiger partial charge in [-0.2, -0.15) is 0 Å². The van der Waals surface area contributed by atoms with Crippen LogP contribution in [0.5, 0.6) is 0 Å². The Morgan fingerprint density at radius 3 is 2.12 bits per heavy atom. The summed E-state index contributed by atoms with van der Waals surface area (Å²) in [5.74, 6) is -0.944. The van der Waals surface area contributed by atoms with Crippen molar-refractivity contribution >= 4 is 17.6 Å². The fourth-order valence-electron chi connectivity index (χ4n) is 2.27. The summed E-state index contributed by atoms with van der Waals surface area (Å²) in [5, 5.41) is 11.6. The van der Waals surface area contributed by atoms with Gasteiger partial charge < -0.3 is 10.4 Å². The van der Waals surface area contributed by atoms with Crippen molar-refractivity contribution in [1.82, 2.24) is 9.97 Å². The van der Waals surface area contributed by atoms with Gasteiger partial charge in [-0.1, -0.05) is 39.8 Å². The lowest BCUT2D eigenvalue weighted by Crippen LogP contribution is -2.16. The van der Waals surface area contributed by atoms with Gasteiger partial charge >= 0.3 is 5.97 Å². The van der Waals surface area contributed by atoms with Gasteiger partial charge in [0.1, 0.15) is 5.69 Å². The van der Waals surface area contributed by atoms with Crippen LogP contribution in [0.3, 0.4) is 0 Å². The topological polar surface area (TPSA) is 92.2 Å². The van der Waals surface area contributed by atoms with E-state index in [0.29, 0.717) is 5.92 Å². The number of carboxylic acids is 1. The normalized spacial score (nSPS) is 10.9. The number of anilines is 1. The predicted molar refractivity (Wildman–Crippen MR) is 91.6 cm³/mol. The van der Waals surface area contributed by atoms with Gasteiger partial charge in [0.15, 0.2) is 5.69 Å². The molecule has 1 aromatic heterocycles. The van der Waals surface area contributed by atoms with E-state index in [1.807, 2.05) is 12.1 Å². The molecule has 0 saturated carbocycles. The second-order valence-corrected chi connectivity index (χ2v) is 6.20. The van der Waals surface area contributed by atoms with Crippen LogP contribution < -0.4 is 5.32 Å². The minimum Gasteiger partial charge on any atom is -0.476 e. The molecule has 126 valence electrons. The fraction of sp³-hybridized carbons (Fsp3) is 0.333. The van der Waals surface area contributed by atoms with Crippen molar-refractivity contribution in [3.63, 3.8) is 0 Å². The highest BCUT2D eigenvalue weighted by Crippen LogP contribution is 2.28. The van der Waals surface area contributed by atoms with E-state index in [1.165, 1.54) is 5.56 Å². The zero-order valence-electron chi connectivity index (χ0n) is 14.2. The first-order valence-electron chi connectivity index (χ1n) is 7.80. The maximum atomic E-state index is 12.3. The van der Waals surface area contributed by atoms with E-state index in [2.05, 4.69) is 49.0 Å². The summed E-state index contributed by atoms with van der Waals surface area (Å²) in [7, 11) is 0. The Labute approximate surface area is 141 Å². The Morgan fingerprint density at radius 2 is 1.62 bits per heavy atom. The van der Waals surface area contributed by atoms with Gasteiger partial charge in [-0.3, -0.25) is 4.79 Å². The number of hydrogen-bond acceptors (Lipinski definition) is 4. The van der Waals surface area contributed by atoms with Crippen LogP contribution in [0.2, 0.25) is 0 Å². The van der Waals surface area contributed by atoms with Crippen LogP contribution in [0.15, 0.2) is 30.6 Å². The van der Waals surface area contributed by atoms with Gasteiger partial charge in [0, 0.05) is 5.69 Å². The van der Waals surface area contributed by atoms with Crippen LogP contribution in [0.4, 0.5) is 5.69 Å². The number of carbonyl (C=O) groups is 2. The standard InChI is InChI=1S/C18H21N3O3/c1-10(2)12-5-6-14(13(7-12)11(3)4)21-17(22)15-8-20-16(9-19-15)18(23)24/h5-11H,1-4H3,(H,21,22)(H,23,24). The molecule has 0 saturated heterocycles. The number of carbonyl (C=O) groups excluding carboxylic acids is 1. The molecule has 24 heavy (non-hydrogen) atoms. The number of benzene rings is 1. The third-order valence-electron chi connectivity index (χ3n) is 3.72. The van der Waals surface area contributed by atoms with Crippen LogP contribution in [-0.4, -0.2) is 27.0 Å². The Hall–Kier alpha value is -2.76. The highest BCUT2D eigenvalue weighted by atomic mass is 16.4. The molecule has 0 atom stereocenters. The van der Waals surface area contributed by atoms with E-state index in [4.69, 9.17) is 5.11 Å². The Bertz CT molecular complexity index is 753. The number of nitrogens with zero attached hydrogens (tertiary/aromatic N) is 2. The summed E-state index contributed by atoms with van der Waals surface area (Å²) in [6.07, 6.45) is 2.23. The van der Waals surface area contributed by atoms with Crippen LogP contribution >= 0.6 is 0 Å². The number of nitrogens with one attached hydrogen (secondary N) is 1. The molecule has 0 aliphatic heterocycles. The lowest BCUT2D eigenvalue weighted by Gasteiger charge is -2.17. The van der Waals surface area contributed by atoms with Gasteiger partial charge in [-0.15, -0.1) is 0 Å². The van der Waals surface area contributed by atoms with Crippen molar-refractivity contribution < 1.29 is 14.7 Å². The first kappa shape index (κ1) is 17.6. The van der Waals surface area contributed by atoms with Gasteiger partial charge in [-0.05, 0) is 29.0 Å². The molecule has 0 aliphatic carbocycles. The minimum atomic E-state index is -1.18. The third-order valence-corrected chi connectivity index (χ3v) is 3.72. The number of carboxylic acid groups (broad SMARTS) is 1. The minimum absolute atomic E-state index is 0.0719. The van der Waals surface area contributed by atoms with Crippen LogP contribution in [0.25, 0.3) is 0 Å². The van der Waals surface area contributed by atoms with E-state index in [9.17, 15) is 9.59 Å². The molecular weight excluding hydrogens is 306 g/mol. The average molecular weight is 327 g/mol. The highest BCUT2D eigenvalue weighted by Gasteiger charge is 2.15. The second-order valence-electron chi connectivity index (χ2n) is 6.20. The Kier molecular flexibility index (Phi) is 5.28. The van der Waals surface area contributed by atoms with Gasteiger partial charge in [0.25, 0.3) is 5.91 Å². The number of aromatic carboxylic acids is 1. The molecule has 0 spiro atoms. The van der Waals surface area contributed by atoms with E-state index in [0.717, 1.165) is 23.6 Å². The van der Waals surface area contributed by atoms with Crippen molar-refractivity contribution in [1.29, 1.82) is 0 Å². The highest BCUT2D eigenvalue weighted by molar-refractivity contribution is 6.03. The second kappa shape index (κ2) is 7.21. The van der Waals surface area contributed by atoms with Crippen LogP contribution in [-0.2, 0) is 0 Å². The summed E-state index contributed by atoms with van der Waals surface area (Å²) < 4.78 is 0. The van der Waals surface area contributed by atoms with Crippen LogP contribution in [0.1, 0.15) is 71.6 Å². The van der Waals surface area contributed by atoms with Gasteiger partial charge in [0.05, 0.1) is 12.4 Å². The van der Waals surface area contributed by atoms with E-state index in [-0.39, 0.29) is 17.3 Å². The van der Waals surface area contributed by atoms with Crippen molar-refractivity contribution in [2.24, 2.45) is 0 Å². The monoisotopic (exact) mass is 327 g/mol. The summed E-state index contributed by atoms with van der Waals surface area (Å²) in [5.41, 5.74) is 2.86. The maximum absolute atomic E-state index is 12.3. The quantitative estimate of drug-likeness (QED) is 0.874. The molecule has 6 nitrogen and oxygen atoms in total. The van der Waals surface area contributed by atoms with E-state index in [1.54, 1.807) is 0 Å². The van der Waals surface area contributed by atoms with Gasteiger partial charge in [0.2, 0.25) is 0 Å². The number of aromatic nitrogens is 2. The van der Waals surface area contributed by atoms with Gasteiger partial charge in [-0.25, -0.2) is 14.8 Å². The third kappa shape index (κ3) is 3.95. The molecule has 2 rings (SSSR count). The molecule has 1 amide bonds. The van der Waals surface area contributed by atoms with E-state index >= 15 is 0 Å².